The number of ether oxygens (including phenoxy) is 2. The summed E-state index contributed by atoms with van der Waals surface area (Å²) >= 11 is 18.5. The number of hydrogen-bond donors (Lipinski definition) is 2. The first-order chi connectivity index (χ1) is 14.8. The van der Waals surface area contributed by atoms with E-state index in [1.165, 1.54) is 0 Å². The Bertz CT molecular complexity index is 1120. The van der Waals surface area contributed by atoms with E-state index in [9.17, 15) is 4.79 Å². The molecule has 0 aliphatic rings. The number of aromatic carboxylic acids is 1. The molecule has 0 aliphatic carbocycles. The Labute approximate surface area is 195 Å². The molecular weight excluding hydrogens is 461 g/mol. The second kappa shape index (κ2) is 10.1. The summed E-state index contributed by atoms with van der Waals surface area (Å²) in [7, 11) is 1.55. The molecule has 8 heteroatoms. The standard InChI is InChI=1S/C23H20Cl3NO4/c1-13-7-16(23(28)29)4-6-20(13)27-11-15-9-19(26)22(21(10-15)30-2)31-12-14-3-5-17(24)18(25)8-14/h3-10,27H,11-12H2,1-2H3,(H,28,29). The van der Waals surface area contributed by atoms with Crippen molar-refractivity contribution in [2.24, 2.45) is 0 Å². The van der Waals surface area contributed by atoms with E-state index >= 15 is 0 Å². The van der Waals surface area contributed by atoms with Crippen molar-refractivity contribution < 1.29 is 19.4 Å². The van der Waals surface area contributed by atoms with Crippen molar-refractivity contribution in [2.75, 3.05) is 12.4 Å². The van der Waals surface area contributed by atoms with Crippen LogP contribution in [0.15, 0.2) is 48.5 Å². The number of halogens is 3. The van der Waals surface area contributed by atoms with Crippen molar-refractivity contribution in [3.8, 4) is 11.5 Å². The Morgan fingerprint density at radius 2 is 1.71 bits per heavy atom. The maximum Gasteiger partial charge on any atom is 0.335 e. The Morgan fingerprint density at radius 3 is 2.35 bits per heavy atom. The van der Waals surface area contributed by atoms with E-state index in [0.717, 1.165) is 22.4 Å². The highest BCUT2D eigenvalue weighted by atomic mass is 35.5. The van der Waals surface area contributed by atoms with Crippen LogP contribution in [0.4, 0.5) is 5.69 Å². The average Bonchev–Trinajstić information content (AvgIpc) is 2.73. The van der Waals surface area contributed by atoms with Crippen molar-refractivity contribution in [3.63, 3.8) is 0 Å². The molecule has 0 spiro atoms. The largest absolute Gasteiger partial charge is 0.493 e. The number of benzene rings is 3. The average molecular weight is 481 g/mol. The lowest BCUT2D eigenvalue weighted by molar-refractivity contribution is 0.0697. The van der Waals surface area contributed by atoms with Gasteiger partial charge in [0.05, 0.1) is 27.7 Å². The van der Waals surface area contributed by atoms with Crippen LogP contribution in [0.25, 0.3) is 0 Å². The van der Waals surface area contributed by atoms with Gasteiger partial charge in [-0.2, -0.15) is 0 Å². The van der Waals surface area contributed by atoms with Crippen LogP contribution in [-0.4, -0.2) is 18.2 Å². The maximum atomic E-state index is 11.1. The quantitative estimate of drug-likeness (QED) is 0.369. The van der Waals surface area contributed by atoms with Crippen LogP contribution in [0.2, 0.25) is 15.1 Å². The molecule has 0 heterocycles. The highest BCUT2D eigenvalue weighted by Crippen LogP contribution is 2.37. The smallest absolute Gasteiger partial charge is 0.335 e. The molecule has 0 aliphatic heterocycles. The van der Waals surface area contributed by atoms with Crippen molar-refractivity contribution in [1.29, 1.82) is 0 Å². The first-order valence-corrected chi connectivity index (χ1v) is 10.4. The predicted molar refractivity (Wildman–Crippen MR) is 124 cm³/mol. The van der Waals surface area contributed by atoms with Crippen LogP contribution in [0, 0.1) is 6.92 Å². The first-order valence-electron chi connectivity index (χ1n) is 9.29. The zero-order chi connectivity index (χ0) is 22.5. The van der Waals surface area contributed by atoms with Crippen molar-refractivity contribution in [1.82, 2.24) is 0 Å². The van der Waals surface area contributed by atoms with Crippen molar-refractivity contribution >= 4 is 46.5 Å². The minimum absolute atomic E-state index is 0.247. The van der Waals surface area contributed by atoms with E-state index in [-0.39, 0.29) is 12.2 Å². The second-order valence-corrected chi connectivity index (χ2v) is 8.06. The number of carbonyl (C=O) groups is 1. The first kappa shape index (κ1) is 23.1. The molecule has 2 N–H and O–H groups in total. The van der Waals surface area contributed by atoms with Gasteiger partial charge in [0, 0.05) is 12.2 Å². The van der Waals surface area contributed by atoms with Crippen LogP contribution in [-0.2, 0) is 13.2 Å². The van der Waals surface area contributed by atoms with Gasteiger partial charge in [-0.05, 0) is 66.1 Å². The van der Waals surface area contributed by atoms with Gasteiger partial charge in [0.15, 0.2) is 11.5 Å². The van der Waals surface area contributed by atoms with Gasteiger partial charge in [-0.3, -0.25) is 0 Å². The zero-order valence-electron chi connectivity index (χ0n) is 16.8. The number of rotatable bonds is 8. The van der Waals surface area contributed by atoms with Crippen LogP contribution in [0.5, 0.6) is 11.5 Å². The maximum absolute atomic E-state index is 11.1. The molecule has 0 atom stereocenters. The van der Waals surface area contributed by atoms with Crippen LogP contribution in [0.1, 0.15) is 27.0 Å². The Hall–Kier alpha value is -2.60. The van der Waals surface area contributed by atoms with E-state index in [4.69, 9.17) is 49.4 Å². The summed E-state index contributed by atoms with van der Waals surface area (Å²) in [5.74, 6) is -0.0223. The molecule has 31 heavy (non-hydrogen) atoms. The molecule has 3 rings (SSSR count). The number of nitrogens with one attached hydrogen (secondary N) is 1. The van der Waals surface area contributed by atoms with E-state index < -0.39 is 5.97 Å². The molecule has 0 saturated heterocycles. The molecule has 3 aromatic carbocycles. The normalized spacial score (nSPS) is 10.6. The predicted octanol–water partition coefficient (Wildman–Crippen LogP) is 6.85. The van der Waals surface area contributed by atoms with Gasteiger partial charge in [0.25, 0.3) is 0 Å². The third-order valence-corrected chi connectivity index (χ3v) is 5.63. The van der Waals surface area contributed by atoms with Gasteiger partial charge in [-0.25, -0.2) is 4.79 Å². The molecule has 3 aromatic rings. The lowest BCUT2D eigenvalue weighted by atomic mass is 10.1. The van der Waals surface area contributed by atoms with Gasteiger partial charge in [0.1, 0.15) is 6.61 Å². The summed E-state index contributed by atoms with van der Waals surface area (Å²) in [5.41, 5.74) is 3.64. The molecule has 0 aromatic heterocycles. The van der Waals surface area contributed by atoms with E-state index in [1.54, 1.807) is 43.5 Å². The molecule has 0 unspecified atom stereocenters. The van der Waals surface area contributed by atoms with E-state index in [1.807, 2.05) is 19.1 Å². The summed E-state index contributed by atoms with van der Waals surface area (Å²) in [6.45, 7) is 2.57. The fraction of sp³-hybridized carbons (Fsp3) is 0.174. The van der Waals surface area contributed by atoms with Gasteiger partial charge in [0.2, 0.25) is 0 Å². The minimum atomic E-state index is -0.956. The second-order valence-electron chi connectivity index (χ2n) is 6.83. The Morgan fingerprint density at radius 1 is 0.968 bits per heavy atom. The number of aryl methyl sites for hydroxylation is 1. The Balaban J connectivity index is 1.73. The van der Waals surface area contributed by atoms with E-state index in [2.05, 4.69) is 5.32 Å². The number of anilines is 1. The zero-order valence-corrected chi connectivity index (χ0v) is 19.1. The van der Waals surface area contributed by atoms with Crippen molar-refractivity contribution in [2.45, 2.75) is 20.1 Å². The summed E-state index contributed by atoms with van der Waals surface area (Å²) in [5, 5.41) is 13.7. The molecule has 0 fully saturated rings. The molecule has 0 bridgehead atoms. The van der Waals surface area contributed by atoms with Crippen molar-refractivity contribution in [3.05, 3.63) is 85.9 Å². The molecule has 162 valence electrons. The van der Waals surface area contributed by atoms with Gasteiger partial charge < -0.3 is 19.9 Å². The number of methoxy groups -OCH3 is 1. The fourth-order valence-corrected chi connectivity index (χ4v) is 3.60. The molecule has 0 radical (unpaired) electrons. The lowest BCUT2D eigenvalue weighted by Gasteiger charge is -2.16. The number of hydrogen-bond acceptors (Lipinski definition) is 4. The highest BCUT2D eigenvalue weighted by Gasteiger charge is 2.13. The molecule has 5 nitrogen and oxygen atoms in total. The summed E-state index contributed by atoms with van der Waals surface area (Å²) in [6, 6.07) is 13.8. The van der Waals surface area contributed by atoms with E-state index in [0.29, 0.717) is 33.1 Å². The van der Waals surface area contributed by atoms with Gasteiger partial charge in [-0.1, -0.05) is 40.9 Å². The van der Waals surface area contributed by atoms with Gasteiger partial charge in [-0.15, -0.1) is 0 Å². The third-order valence-electron chi connectivity index (χ3n) is 4.61. The van der Waals surface area contributed by atoms with Gasteiger partial charge >= 0.3 is 5.97 Å². The lowest BCUT2D eigenvalue weighted by Crippen LogP contribution is -2.04. The fourth-order valence-electron chi connectivity index (χ4n) is 2.99. The summed E-state index contributed by atoms with van der Waals surface area (Å²) < 4.78 is 11.3. The molecule has 0 saturated carbocycles. The number of carboxylic acids is 1. The molecule has 0 amide bonds. The number of carboxylic acid groups (broad SMARTS) is 1. The highest BCUT2D eigenvalue weighted by molar-refractivity contribution is 6.42. The summed E-state index contributed by atoms with van der Waals surface area (Å²) in [4.78, 5) is 11.1. The van der Waals surface area contributed by atoms with Crippen LogP contribution >= 0.6 is 34.8 Å². The topological polar surface area (TPSA) is 67.8 Å². The summed E-state index contributed by atoms with van der Waals surface area (Å²) in [6.07, 6.45) is 0. The Kier molecular flexibility index (Phi) is 7.55. The third kappa shape index (κ3) is 5.76. The monoisotopic (exact) mass is 479 g/mol. The van der Waals surface area contributed by atoms with Crippen LogP contribution < -0.4 is 14.8 Å². The van der Waals surface area contributed by atoms with Crippen LogP contribution in [0.3, 0.4) is 0 Å². The SMILES string of the molecule is COc1cc(CNc2ccc(C(=O)O)cc2C)cc(Cl)c1OCc1ccc(Cl)c(Cl)c1. The minimum Gasteiger partial charge on any atom is -0.493 e. The molecular formula is C23H20Cl3NO4.